The van der Waals surface area contributed by atoms with Gasteiger partial charge in [-0.2, -0.15) is 0 Å². The predicted molar refractivity (Wildman–Crippen MR) is 157 cm³/mol. The first-order chi connectivity index (χ1) is 20.0. The summed E-state index contributed by atoms with van der Waals surface area (Å²) in [7, 11) is 1.40. The van der Waals surface area contributed by atoms with Crippen LogP contribution in [0.5, 0.6) is 11.5 Å². The number of phenols is 1. The lowest BCUT2D eigenvalue weighted by molar-refractivity contribution is -0.132. The maximum Gasteiger partial charge on any atom is 0.301 e. The molecule has 41 heavy (non-hydrogen) atoms. The van der Waals surface area contributed by atoms with Crippen molar-refractivity contribution in [2.24, 2.45) is 0 Å². The highest BCUT2D eigenvalue weighted by Gasteiger charge is 2.48. The van der Waals surface area contributed by atoms with Crippen LogP contribution in [0.1, 0.15) is 22.7 Å². The fraction of sp³-hybridized carbons (Fsp3) is 0.100. The molecule has 1 atom stereocenters. The number of aliphatic hydroxyl groups excluding tert-OH is 1. The van der Waals surface area contributed by atoms with Crippen molar-refractivity contribution in [3.05, 3.63) is 107 Å². The van der Waals surface area contributed by atoms with E-state index in [0.717, 1.165) is 16.3 Å². The van der Waals surface area contributed by atoms with E-state index < -0.39 is 17.7 Å². The third-order valence-corrected chi connectivity index (χ3v) is 8.86. The third-order valence-electron chi connectivity index (χ3n) is 6.75. The number of anilines is 1. The topological polar surface area (TPSA) is 126 Å². The molecule has 2 N–H and O–H groups in total. The number of aromatic hydroxyl groups is 1. The van der Waals surface area contributed by atoms with Crippen molar-refractivity contribution in [3.63, 3.8) is 0 Å². The monoisotopic (exact) mass is 582 g/mol. The summed E-state index contributed by atoms with van der Waals surface area (Å²) in [6.45, 7) is 0. The van der Waals surface area contributed by atoms with Crippen molar-refractivity contribution in [1.29, 1.82) is 0 Å². The maximum atomic E-state index is 13.5. The molecule has 204 valence electrons. The smallest absolute Gasteiger partial charge is 0.301 e. The van der Waals surface area contributed by atoms with Crippen molar-refractivity contribution in [3.8, 4) is 11.5 Å². The standard InChI is InChI=1S/C30H22N4O5S2/c1-39-23-15-19(9-10-22(23)35)25-24(26(36)18-11-13-31-14-12-18)27(37)28(38)34(25)29-32-33-30(41-29)40-16-20-7-4-6-17-5-2-3-8-21(17)20/h2-15,25,35-36H,16H2,1H3. The lowest BCUT2D eigenvalue weighted by Gasteiger charge is -2.23. The van der Waals surface area contributed by atoms with Gasteiger partial charge in [-0.25, -0.2) is 0 Å². The number of ether oxygens (including phenoxy) is 1. The number of carbonyl (C=O) groups is 2. The summed E-state index contributed by atoms with van der Waals surface area (Å²) >= 11 is 2.66. The molecule has 1 saturated heterocycles. The number of methoxy groups -OCH3 is 1. The molecule has 2 aromatic heterocycles. The second-order valence-corrected chi connectivity index (χ2v) is 11.3. The number of nitrogens with zero attached hydrogens (tertiary/aromatic N) is 4. The first-order valence-corrected chi connectivity index (χ1v) is 14.3. The Labute approximate surface area is 242 Å². The van der Waals surface area contributed by atoms with Crippen LogP contribution >= 0.6 is 23.1 Å². The molecule has 0 bridgehead atoms. The van der Waals surface area contributed by atoms with Gasteiger partial charge in [-0.1, -0.05) is 71.6 Å². The van der Waals surface area contributed by atoms with Crippen molar-refractivity contribution in [1.82, 2.24) is 15.2 Å². The first-order valence-electron chi connectivity index (χ1n) is 12.5. The van der Waals surface area contributed by atoms with Crippen LogP contribution in [0.15, 0.2) is 95.1 Å². The average Bonchev–Trinajstić information content (AvgIpc) is 3.58. The number of hydrogen-bond donors (Lipinski definition) is 2. The number of aliphatic hydroxyl groups is 1. The van der Waals surface area contributed by atoms with Gasteiger partial charge < -0.3 is 14.9 Å². The van der Waals surface area contributed by atoms with Gasteiger partial charge in [-0.15, -0.1) is 10.2 Å². The largest absolute Gasteiger partial charge is 0.507 e. The lowest BCUT2D eigenvalue weighted by atomic mass is 9.95. The van der Waals surface area contributed by atoms with E-state index in [1.807, 2.05) is 18.2 Å². The molecule has 0 radical (unpaired) electrons. The normalized spacial score (nSPS) is 16.4. The highest BCUT2D eigenvalue weighted by molar-refractivity contribution is 8.00. The quantitative estimate of drug-likeness (QED) is 0.0815. The van der Waals surface area contributed by atoms with E-state index in [0.29, 0.717) is 21.2 Å². The number of thioether (sulfide) groups is 1. The van der Waals surface area contributed by atoms with Gasteiger partial charge in [-0.3, -0.25) is 19.5 Å². The Morgan fingerprint density at radius 3 is 2.61 bits per heavy atom. The summed E-state index contributed by atoms with van der Waals surface area (Å²) in [5.41, 5.74) is 1.79. The molecule has 3 aromatic carbocycles. The predicted octanol–water partition coefficient (Wildman–Crippen LogP) is 5.72. The van der Waals surface area contributed by atoms with Crippen LogP contribution in [0.25, 0.3) is 16.5 Å². The van der Waals surface area contributed by atoms with Crippen LogP contribution in [0.2, 0.25) is 0 Å². The van der Waals surface area contributed by atoms with E-state index in [2.05, 4.69) is 39.4 Å². The Bertz CT molecular complexity index is 1820. The van der Waals surface area contributed by atoms with E-state index in [4.69, 9.17) is 4.74 Å². The minimum Gasteiger partial charge on any atom is -0.507 e. The molecule has 9 nitrogen and oxygen atoms in total. The summed E-state index contributed by atoms with van der Waals surface area (Å²) in [6.07, 6.45) is 2.96. The molecule has 6 rings (SSSR count). The number of ketones is 1. The Hall–Kier alpha value is -4.74. The van der Waals surface area contributed by atoms with Crippen LogP contribution in [0, 0.1) is 0 Å². The molecule has 1 aliphatic heterocycles. The number of pyridine rings is 1. The summed E-state index contributed by atoms with van der Waals surface area (Å²) in [5, 5.41) is 32.5. The molecular weight excluding hydrogens is 560 g/mol. The molecule has 3 heterocycles. The molecule has 1 fully saturated rings. The number of phenolic OH excluding ortho intramolecular Hbond substituents is 1. The molecular formula is C30H22N4O5S2. The summed E-state index contributed by atoms with van der Waals surface area (Å²) in [6, 6.07) is 20.8. The van der Waals surface area contributed by atoms with Gasteiger partial charge in [0.2, 0.25) is 5.13 Å². The van der Waals surface area contributed by atoms with Gasteiger partial charge in [0.05, 0.1) is 18.7 Å². The van der Waals surface area contributed by atoms with Gasteiger partial charge in [0, 0.05) is 23.7 Å². The van der Waals surface area contributed by atoms with E-state index in [1.165, 1.54) is 59.6 Å². The average molecular weight is 583 g/mol. The zero-order chi connectivity index (χ0) is 28.5. The maximum absolute atomic E-state index is 13.5. The molecule has 1 amide bonds. The number of benzene rings is 3. The second-order valence-electron chi connectivity index (χ2n) is 9.11. The molecule has 0 aliphatic carbocycles. The number of fused-ring (bicyclic) bond motifs is 1. The SMILES string of the molecule is COc1cc(C2C(=C(O)c3ccncc3)C(=O)C(=O)N2c2nnc(SCc3cccc4ccccc34)s2)ccc1O. The minimum atomic E-state index is -1.04. The van der Waals surface area contributed by atoms with Crippen molar-refractivity contribution in [2.45, 2.75) is 16.1 Å². The van der Waals surface area contributed by atoms with Crippen molar-refractivity contribution >= 4 is 56.5 Å². The van der Waals surface area contributed by atoms with E-state index in [9.17, 15) is 19.8 Å². The Kier molecular flexibility index (Phi) is 7.12. The molecule has 11 heteroatoms. The summed E-state index contributed by atoms with van der Waals surface area (Å²) < 4.78 is 5.89. The fourth-order valence-corrected chi connectivity index (χ4v) is 6.66. The number of carbonyl (C=O) groups excluding carboxylic acids is 2. The number of amides is 1. The number of aromatic nitrogens is 3. The van der Waals surface area contributed by atoms with E-state index in [-0.39, 0.29) is 28.0 Å². The van der Waals surface area contributed by atoms with Gasteiger partial charge in [0.25, 0.3) is 5.78 Å². The van der Waals surface area contributed by atoms with E-state index in [1.54, 1.807) is 18.2 Å². The van der Waals surface area contributed by atoms with E-state index >= 15 is 0 Å². The summed E-state index contributed by atoms with van der Waals surface area (Å²) in [4.78, 5) is 32.1. The lowest BCUT2D eigenvalue weighted by Crippen LogP contribution is -2.29. The van der Waals surface area contributed by atoms with Gasteiger partial charge in [-0.05, 0) is 46.2 Å². The summed E-state index contributed by atoms with van der Waals surface area (Å²) in [5.74, 6) is -1.38. The van der Waals surface area contributed by atoms with Gasteiger partial charge >= 0.3 is 5.91 Å². The Morgan fingerprint density at radius 2 is 1.80 bits per heavy atom. The highest BCUT2D eigenvalue weighted by atomic mass is 32.2. The van der Waals surface area contributed by atoms with Gasteiger partial charge in [0.15, 0.2) is 15.8 Å². The Morgan fingerprint density at radius 1 is 1.02 bits per heavy atom. The molecule has 0 saturated carbocycles. The highest BCUT2D eigenvalue weighted by Crippen LogP contribution is 2.45. The fourth-order valence-electron chi connectivity index (χ4n) is 4.79. The second kappa shape index (κ2) is 11.0. The molecule has 0 spiro atoms. The van der Waals surface area contributed by atoms with Gasteiger partial charge in [0.1, 0.15) is 5.76 Å². The van der Waals surface area contributed by atoms with Crippen LogP contribution in [0.3, 0.4) is 0 Å². The Balaban J connectivity index is 1.39. The molecule has 5 aromatic rings. The number of hydrogen-bond acceptors (Lipinski definition) is 10. The zero-order valence-electron chi connectivity index (χ0n) is 21.6. The first kappa shape index (κ1) is 26.5. The third kappa shape index (κ3) is 4.90. The van der Waals surface area contributed by atoms with Crippen LogP contribution in [-0.4, -0.2) is 44.2 Å². The zero-order valence-corrected chi connectivity index (χ0v) is 23.2. The number of rotatable bonds is 7. The van der Waals surface area contributed by atoms with Crippen molar-refractivity contribution in [2.75, 3.05) is 12.0 Å². The van der Waals surface area contributed by atoms with Crippen LogP contribution < -0.4 is 9.64 Å². The molecule has 1 aliphatic rings. The molecule has 1 unspecified atom stereocenters. The minimum absolute atomic E-state index is 0.106. The van der Waals surface area contributed by atoms with Crippen LogP contribution in [-0.2, 0) is 15.3 Å². The number of Topliss-reactive ketones (excluding diaryl/α,β-unsaturated/α-hetero) is 1. The van der Waals surface area contributed by atoms with Crippen LogP contribution in [0.4, 0.5) is 5.13 Å². The van der Waals surface area contributed by atoms with Crippen molar-refractivity contribution < 1.29 is 24.5 Å².